The fourth-order valence-electron chi connectivity index (χ4n) is 2.72. The molecule has 0 radical (unpaired) electrons. The molecule has 3 aromatic rings. The monoisotopic (exact) mass is 448 g/mol. The number of hydrogen-bond acceptors (Lipinski definition) is 7. The molecule has 2 aromatic carbocycles. The molecule has 2 N–H and O–H groups in total. The van der Waals surface area contributed by atoms with Crippen LogP contribution in [0.4, 0.5) is 11.5 Å². The summed E-state index contributed by atoms with van der Waals surface area (Å²) >= 11 is 0. The van der Waals surface area contributed by atoms with Crippen LogP contribution in [0.2, 0.25) is 0 Å². The van der Waals surface area contributed by atoms with E-state index in [1.165, 1.54) is 49.8 Å². The van der Waals surface area contributed by atoms with Gasteiger partial charge in [0.2, 0.25) is 5.88 Å². The zero-order valence-electron chi connectivity index (χ0n) is 16.4. The fraction of sp³-hybridized carbons (Fsp3) is 0.158. The van der Waals surface area contributed by atoms with E-state index in [1.807, 2.05) is 6.92 Å². The Kier molecular flexibility index (Phi) is 5.94. The van der Waals surface area contributed by atoms with Crippen molar-refractivity contribution in [3.63, 3.8) is 0 Å². The normalized spacial score (nSPS) is 11.7. The molecule has 0 saturated carbocycles. The number of nitrogens with zero attached hydrogens (tertiary/aromatic N) is 2. The lowest BCUT2D eigenvalue weighted by molar-refractivity contribution is 0.397. The summed E-state index contributed by atoms with van der Waals surface area (Å²) in [4.78, 5) is 7.74. The number of methoxy groups -OCH3 is 1. The molecule has 0 saturated heterocycles. The van der Waals surface area contributed by atoms with Gasteiger partial charge in [-0.15, -0.1) is 0 Å². The molecule has 0 aliphatic carbocycles. The zero-order valence-corrected chi connectivity index (χ0v) is 18.1. The Balaban J connectivity index is 1.80. The van der Waals surface area contributed by atoms with Gasteiger partial charge >= 0.3 is 0 Å². The van der Waals surface area contributed by atoms with Crippen LogP contribution in [0.1, 0.15) is 11.1 Å². The van der Waals surface area contributed by atoms with Crippen LogP contribution in [-0.2, 0) is 20.0 Å². The summed E-state index contributed by atoms with van der Waals surface area (Å²) in [6.45, 7) is 3.59. The van der Waals surface area contributed by atoms with Gasteiger partial charge in [0.1, 0.15) is 12.1 Å². The van der Waals surface area contributed by atoms with Gasteiger partial charge in [-0.1, -0.05) is 17.7 Å². The molecule has 3 rings (SSSR count). The highest BCUT2D eigenvalue weighted by Gasteiger charge is 2.19. The molecule has 1 aromatic heterocycles. The number of aromatic nitrogens is 2. The minimum Gasteiger partial charge on any atom is -0.481 e. The molecule has 30 heavy (non-hydrogen) atoms. The van der Waals surface area contributed by atoms with E-state index in [2.05, 4.69) is 19.4 Å². The van der Waals surface area contributed by atoms with Gasteiger partial charge in [0.15, 0.2) is 0 Å². The van der Waals surface area contributed by atoms with Gasteiger partial charge < -0.3 is 4.74 Å². The SMILES string of the molecule is COc1cc(NS(=O)(=O)c2ccc(NS(=O)(=O)c3ccc(C)cc3C)cc2)ncn1. The van der Waals surface area contributed by atoms with Gasteiger partial charge in [-0.3, -0.25) is 9.44 Å². The summed E-state index contributed by atoms with van der Waals surface area (Å²) < 4.78 is 60.1. The molecular formula is C19H20N4O5S2. The maximum Gasteiger partial charge on any atom is 0.263 e. The number of ether oxygens (including phenoxy) is 1. The second-order valence-electron chi connectivity index (χ2n) is 6.45. The lowest BCUT2D eigenvalue weighted by Gasteiger charge is -2.12. The highest BCUT2D eigenvalue weighted by Crippen LogP contribution is 2.22. The van der Waals surface area contributed by atoms with Crippen molar-refractivity contribution >= 4 is 31.6 Å². The maximum absolute atomic E-state index is 12.6. The Bertz CT molecular complexity index is 1270. The molecule has 0 unspecified atom stereocenters. The van der Waals surface area contributed by atoms with Crippen molar-refractivity contribution in [1.82, 2.24) is 9.97 Å². The number of sulfonamides is 2. The largest absolute Gasteiger partial charge is 0.481 e. The van der Waals surface area contributed by atoms with Crippen molar-refractivity contribution in [3.8, 4) is 5.88 Å². The predicted molar refractivity (Wildman–Crippen MR) is 113 cm³/mol. The Morgan fingerprint density at radius 3 is 2.17 bits per heavy atom. The van der Waals surface area contributed by atoms with Crippen LogP contribution in [0.15, 0.2) is 64.6 Å². The first-order chi connectivity index (χ1) is 14.1. The summed E-state index contributed by atoms with van der Waals surface area (Å²) in [5, 5.41) is 0. The van der Waals surface area contributed by atoms with E-state index >= 15 is 0 Å². The summed E-state index contributed by atoms with van der Waals surface area (Å²) in [6, 6.07) is 11.7. The average molecular weight is 449 g/mol. The molecule has 11 heteroatoms. The standard InChI is InChI=1S/C19H20N4O5S2/c1-13-4-9-17(14(2)10-13)30(26,27)22-15-5-7-16(8-6-15)29(24,25)23-18-11-19(28-3)21-12-20-18/h4-12,22H,1-3H3,(H,20,21,23). The van der Waals surface area contributed by atoms with E-state index in [-0.39, 0.29) is 27.2 Å². The highest BCUT2D eigenvalue weighted by atomic mass is 32.2. The smallest absolute Gasteiger partial charge is 0.263 e. The Morgan fingerprint density at radius 2 is 1.53 bits per heavy atom. The number of nitrogens with one attached hydrogen (secondary N) is 2. The van der Waals surface area contributed by atoms with Gasteiger partial charge in [0.05, 0.1) is 16.9 Å². The summed E-state index contributed by atoms with van der Waals surface area (Å²) in [6.07, 6.45) is 1.17. The second kappa shape index (κ2) is 8.28. The van der Waals surface area contributed by atoms with Crippen LogP contribution in [0.3, 0.4) is 0 Å². The maximum atomic E-state index is 12.6. The predicted octanol–water partition coefficient (Wildman–Crippen LogP) is 2.70. The van der Waals surface area contributed by atoms with Gasteiger partial charge in [-0.25, -0.2) is 26.8 Å². The van der Waals surface area contributed by atoms with Gasteiger partial charge in [0, 0.05) is 11.8 Å². The first-order valence-electron chi connectivity index (χ1n) is 8.70. The minimum absolute atomic E-state index is 0.0430. The summed E-state index contributed by atoms with van der Waals surface area (Å²) in [5.74, 6) is 0.250. The van der Waals surface area contributed by atoms with Crippen molar-refractivity contribution in [2.24, 2.45) is 0 Å². The van der Waals surface area contributed by atoms with Crippen molar-refractivity contribution in [2.75, 3.05) is 16.6 Å². The fourth-order valence-corrected chi connectivity index (χ4v) is 5.00. The van der Waals surface area contributed by atoms with Crippen molar-refractivity contribution < 1.29 is 21.6 Å². The van der Waals surface area contributed by atoms with E-state index in [0.717, 1.165) is 5.56 Å². The molecule has 0 fully saturated rings. The Hall–Kier alpha value is -3.18. The van der Waals surface area contributed by atoms with Crippen LogP contribution in [0.25, 0.3) is 0 Å². The molecule has 0 atom stereocenters. The molecule has 0 amide bonds. The van der Waals surface area contributed by atoms with Crippen LogP contribution in [-0.4, -0.2) is 33.9 Å². The number of aryl methyl sites for hydroxylation is 2. The summed E-state index contributed by atoms with van der Waals surface area (Å²) in [7, 11) is -6.35. The van der Waals surface area contributed by atoms with Crippen LogP contribution in [0, 0.1) is 13.8 Å². The number of benzene rings is 2. The molecular weight excluding hydrogens is 428 g/mol. The number of hydrogen-bond donors (Lipinski definition) is 2. The molecule has 0 aliphatic rings. The van der Waals surface area contributed by atoms with E-state index in [1.54, 1.807) is 19.1 Å². The average Bonchev–Trinajstić information content (AvgIpc) is 2.67. The molecule has 158 valence electrons. The number of rotatable bonds is 7. The van der Waals surface area contributed by atoms with Crippen LogP contribution >= 0.6 is 0 Å². The third kappa shape index (κ3) is 4.86. The molecule has 0 spiro atoms. The quantitative estimate of drug-likeness (QED) is 0.569. The molecule has 9 nitrogen and oxygen atoms in total. The van der Waals surface area contributed by atoms with Gasteiger partial charge in [-0.05, 0) is 49.7 Å². The van der Waals surface area contributed by atoms with Crippen molar-refractivity contribution in [3.05, 3.63) is 66.0 Å². The van der Waals surface area contributed by atoms with E-state index < -0.39 is 20.0 Å². The van der Waals surface area contributed by atoms with Crippen LogP contribution in [0.5, 0.6) is 5.88 Å². The zero-order chi connectivity index (χ0) is 21.9. The van der Waals surface area contributed by atoms with Gasteiger partial charge in [0.25, 0.3) is 20.0 Å². The first kappa shape index (κ1) is 21.5. The molecule has 0 bridgehead atoms. The van der Waals surface area contributed by atoms with Crippen LogP contribution < -0.4 is 14.2 Å². The molecule has 0 aliphatic heterocycles. The van der Waals surface area contributed by atoms with Crippen molar-refractivity contribution in [2.45, 2.75) is 23.6 Å². The van der Waals surface area contributed by atoms with Gasteiger partial charge in [-0.2, -0.15) is 0 Å². The third-order valence-corrected chi connectivity index (χ3v) is 7.04. The van der Waals surface area contributed by atoms with E-state index in [0.29, 0.717) is 5.56 Å². The van der Waals surface area contributed by atoms with E-state index in [4.69, 9.17) is 4.74 Å². The second-order valence-corrected chi connectivity index (χ2v) is 9.78. The lowest BCUT2D eigenvalue weighted by Crippen LogP contribution is -2.16. The molecule has 1 heterocycles. The highest BCUT2D eigenvalue weighted by molar-refractivity contribution is 7.93. The lowest BCUT2D eigenvalue weighted by atomic mass is 10.2. The number of anilines is 2. The van der Waals surface area contributed by atoms with Crippen molar-refractivity contribution in [1.29, 1.82) is 0 Å². The first-order valence-corrected chi connectivity index (χ1v) is 11.7. The van der Waals surface area contributed by atoms with E-state index in [9.17, 15) is 16.8 Å². The minimum atomic E-state index is -3.94. The Labute approximate surface area is 175 Å². The summed E-state index contributed by atoms with van der Waals surface area (Å²) in [5.41, 5.74) is 1.80. The Morgan fingerprint density at radius 1 is 0.833 bits per heavy atom. The third-order valence-electron chi connectivity index (χ3n) is 4.13. The topological polar surface area (TPSA) is 127 Å².